The number of carboxylic acid groups (broad SMARTS) is 1. The van der Waals surface area contributed by atoms with Gasteiger partial charge in [-0.25, -0.2) is 4.79 Å². The maximum absolute atomic E-state index is 11.7. The summed E-state index contributed by atoms with van der Waals surface area (Å²) in [7, 11) is 0. The van der Waals surface area contributed by atoms with Gasteiger partial charge in [0, 0.05) is 11.6 Å². The molecule has 2 unspecified atom stereocenters. The van der Waals surface area contributed by atoms with Crippen molar-refractivity contribution in [2.24, 2.45) is 0 Å². The fourth-order valence-corrected chi connectivity index (χ4v) is 1.62. The lowest BCUT2D eigenvalue weighted by molar-refractivity contribution is -0.385. The van der Waals surface area contributed by atoms with Crippen molar-refractivity contribution in [1.29, 1.82) is 0 Å². The first-order valence-corrected chi connectivity index (χ1v) is 5.75. The number of aliphatic hydroxyl groups excluding tert-OH is 1. The Bertz CT molecular complexity index is 528. The smallest absolute Gasteiger partial charge is 0.328 e. The van der Waals surface area contributed by atoms with Gasteiger partial charge in [0.15, 0.2) is 6.04 Å². The van der Waals surface area contributed by atoms with Gasteiger partial charge in [-0.05, 0) is 6.92 Å². The van der Waals surface area contributed by atoms with Crippen LogP contribution < -0.4 is 5.32 Å². The average Bonchev–Trinajstić information content (AvgIpc) is 2.35. The molecule has 1 rings (SSSR count). The summed E-state index contributed by atoms with van der Waals surface area (Å²) in [5.74, 6) is -2.09. The van der Waals surface area contributed by atoms with Gasteiger partial charge in [0.2, 0.25) is 5.91 Å². The predicted molar refractivity (Wildman–Crippen MR) is 68.0 cm³/mol. The lowest BCUT2D eigenvalue weighted by atomic mass is 10.1. The molecule has 2 atom stereocenters. The van der Waals surface area contributed by atoms with Gasteiger partial charge in [-0.15, -0.1) is 0 Å². The highest BCUT2D eigenvalue weighted by atomic mass is 16.6. The molecule has 0 bridgehead atoms. The summed E-state index contributed by atoms with van der Waals surface area (Å²) in [6.45, 7) is 1.23. The van der Waals surface area contributed by atoms with Crippen LogP contribution in [0.4, 0.5) is 5.69 Å². The van der Waals surface area contributed by atoms with E-state index >= 15 is 0 Å². The number of para-hydroxylation sites is 1. The molecule has 20 heavy (non-hydrogen) atoms. The van der Waals surface area contributed by atoms with Crippen LogP contribution in [0.3, 0.4) is 0 Å². The van der Waals surface area contributed by atoms with Gasteiger partial charge in [0.05, 0.1) is 17.4 Å². The number of amides is 1. The van der Waals surface area contributed by atoms with Gasteiger partial charge in [-0.3, -0.25) is 14.9 Å². The lowest BCUT2D eigenvalue weighted by Crippen LogP contribution is -2.48. The van der Waals surface area contributed by atoms with E-state index in [-0.39, 0.29) is 17.7 Å². The summed E-state index contributed by atoms with van der Waals surface area (Å²) in [5, 5.41) is 31.0. The van der Waals surface area contributed by atoms with E-state index < -0.39 is 28.9 Å². The molecule has 0 aliphatic heterocycles. The fourth-order valence-electron chi connectivity index (χ4n) is 1.62. The molecule has 108 valence electrons. The SMILES string of the molecule is CC(O)C(NC(=O)Cc1ccccc1[N+](=O)[O-])C(=O)O. The first kappa shape index (κ1) is 15.6. The fraction of sp³-hybridized carbons (Fsp3) is 0.333. The molecule has 8 nitrogen and oxygen atoms in total. The third-order valence-corrected chi connectivity index (χ3v) is 2.60. The number of carbonyl (C=O) groups excluding carboxylic acids is 1. The van der Waals surface area contributed by atoms with Gasteiger partial charge >= 0.3 is 5.97 Å². The van der Waals surface area contributed by atoms with Crippen molar-refractivity contribution in [3.63, 3.8) is 0 Å². The Labute approximate surface area is 114 Å². The van der Waals surface area contributed by atoms with E-state index in [1.807, 2.05) is 0 Å². The number of aliphatic hydroxyl groups is 1. The summed E-state index contributed by atoms with van der Waals surface area (Å²) >= 11 is 0. The monoisotopic (exact) mass is 282 g/mol. The van der Waals surface area contributed by atoms with Crippen LogP contribution in [0.1, 0.15) is 12.5 Å². The Balaban J connectivity index is 2.81. The molecule has 1 aromatic rings. The number of benzene rings is 1. The molecule has 0 fully saturated rings. The third kappa shape index (κ3) is 4.02. The summed E-state index contributed by atoms with van der Waals surface area (Å²) < 4.78 is 0. The van der Waals surface area contributed by atoms with Crippen molar-refractivity contribution >= 4 is 17.6 Å². The van der Waals surface area contributed by atoms with E-state index in [4.69, 9.17) is 5.11 Å². The van der Waals surface area contributed by atoms with Crippen molar-refractivity contribution in [1.82, 2.24) is 5.32 Å². The molecular weight excluding hydrogens is 268 g/mol. The topological polar surface area (TPSA) is 130 Å². The quantitative estimate of drug-likeness (QED) is 0.500. The molecule has 1 aromatic carbocycles. The van der Waals surface area contributed by atoms with Crippen molar-refractivity contribution in [2.75, 3.05) is 0 Å². The summed E-state index contributed by atoms with van der Waals surface area (Å²) in [6, 6.07) is 4.22. The Kier molecular flexibility index (Phi) is 5.15. The average molecular weight is 282 g/mol. The summed E-state index contributed by atoms with van der Waals surface area (Å²) in [5.41, 5.74) is -0.0451. The number of carboxylic acids is 1. The first-order chi connectivity index (χ1) is 9.32. The zero-order valence-corrected chi connectivity index (χ0v) is 10.6. The second-order valence-corrected chi connectivity index (χ2v) is 4.19. The summed E-state index contributed by atoms with van der Waals surface area (Å²) in [4.78, 5) is 32.7. The van der Waals surface area contributed by atoms with Crippen molar-refractivity contribution in [3.05, 3.63) is 39.9 Å². The van der Waals surface area contributed by atoms with E-state index in [0.717, 1.165) is 0 Å². The van der Waals surface area contributed by atoms with Crippen LogP contribution in [-0.2, 0) is 16.0 Å². The highest BCUT2D eigenvalue weighted by Gasteiger charge is 2.25. The largest absolute Gasteiger partial charge is 0.480 e. The van der Waals surface area contributed by atoms with Crippen LogP contribution in [0.2, 0.25) is 0 Å². The molecule has 0 aliphatic carbocycles. The molecule has 0 aliphatic rings. The first-order valence-electron chi connectivity index (χ1n) is 5.75. The number of nitrogens with zero attached hydrogens (tertiary/aromatic N) is 1. The minimum Gasteiger partial charge on any atom is -0.480 e. The van der Waals surface area contributed by atoms with Crippen molar-refractivity contribution in [2.45, 2.75) is 25.5 Å². The number of hydrogen-bond donors (Lipinski definition) is 3. The number of carbonyl (C=O) groups is 2. The standard InChI is InChI=1S/C12H14N2O6/c1-7(15)11(12(17)18)13-10(16)6-8-4-2-3-5-9(8)14(19)20/h2-5,7,11,15H,6H2,1H3,(H,13,16)(H,17,18). The molecular formula is C12H14N2O6. The van der Waals surface area contributed by atoms with Gasteiger partial charge < -0.3 is 15.5 Å². The number of hydrogen-bond acceptors (Lipinski definition) is 5. The number of aliphatic carboxylic acids is 1. The molecule has 0 radical (unpaired) electrons. The zero-order chi connectivity index (χ0) is 15.3. The Morgan fingerprint density at radius 1 is 1.40 bits per heavy atom. The molecule has 0 saturated carbocycles. The predicted octanol–water partition coefficient (Wildman–Crippen LogP) is 0.0875. The van der Waals surface area contributed by atoms with E-state index in [1.165, 1.54) is 25.1 Å². The minimum absolute atomic E-state index is 0.171. The molecule has 0 aromatic heterocycles. The normalized spacial score (nSPS) is 13.3. The second kappa shape index (κ2) is 6.62. The van der Waals surface area contributed by atoms with Crippen LogP contribution in [-0.4, -0.2) is 39.2 Å². The Morgan fingerprint density at radius 2 is 2.00 bits per heavy atom. The van der Waals surface area contributed by atoms with E-state index in [1.54, 1.807) is 6.07 Å². The van der Waals surface area contributed by atoms with Crippen LogP contribution in [0.25, 0.3) is 0 Å². The highest BCUT2D eigenvalue weighted by molar-refractivity contribution is 5.85. The van der Waals surface area contributed by atoms with E-state index in [0.29, 0.717) is 0 Å². The van der Waals surface area contributed by atoms with E-state index in [9.17, 15) is 24.8 Å². The molecule has 0 heterocycles. The van der Waals surface area contributed by atoms with Crippen LogP contribution in [0.5, 0.6) is 0 Å². The van der Waals surface area contributed by atoms with Crippen molar-refractivity contribution in [3.8, 4) is 0 Å². The molecule has 0 saturated heterocycles. The Morgan fingerprint density at radius 3 is 2.50 bits per heavy atom. The third-order valence-electron chi connectivity index (χ3n) is 2.60. The van der Waals surface area contributed by atoms with Gasteiger partial charge in [0.25, 0.3) is 5.69 Å². The highest BCUT2D eigenvalue weighted by Crippen LogP contribution is 2.18. The lowest BCUT2D eigenvalue weighted by Gasteiger charge is -2.16. The number of nitro groups is 1. The number of nitrogens with one attached hydrogen (secondary N) is 1. The Hall–Kier alpha value is -2.48. The van der Waals surface area contributed by atoms with Gasteiger partial charge in [0.1, 0.15) is 0 Å². The van der Waals surface area contributed by atoms with Crippen LogP contribution in [0.15, 0.2) is 24.3 Å². The molecule has 1 amide bonds. The molecule has 8 heteroatoms. The van der Waals surface area contributed by atoms with E-state index in [2.05, 4.69) is 5.32 Å². The van der Waals surface area contributed by atoms with Crippen LogP contribution >= 0.6 is 0 Å². The molecule has 0 spiro atoms. The van der Waals surface area contributed by atoms with Gasteiger partial charge in [-0.1, -0.05) is 18.2 Å². The minimum atomic E-state index is -1.45. The maximum Gasteiger partial charge on any atom is 0.328 e. The second-order valence-electron chi connectivity index (χ2n) is 4.19. The number of rotatable bonds is 6. The number of nitro benzene ring substituents is 1. The summed E-state index contributed by atoms with van der Waals surface area (Å²) in [6.07, 6.45) is -1.62. The van der Waals surface area contributed by atoms with Crippen molar-refractivity contribution < 1.29 is 24.7 Å². The maximum atomic E-state index is 11.7. The zero-order valence-electron chi connectivity index (χ0n) is 10.6. The molecule has 3 N–H and O–H groups in total. The van der Waals surface area contributed by atoms with Crippen LogP contribution in [0, 0.1) is 10.1 Å². The van der Waals surface area contributed by atoms with Gasteiger partial charge in [-0.2, -0.15) is 0 Å².